The van der Waals surface area contributed by atoms with E-state index in [2.05, 4.69) is 0 Å². The van der Waals surface area contributed by atoms with E-state index in [1.165, 1.54) is 0 Å². The number of fused-ring (bicyclic) bond motifs is 1. The fraction of sp³-hybridized carbons (Fsp3) is 0.227. The van der Waals surface area contributed by atoms with Crippen molar-refractivity contribution in [2.75, 3.05) is 7.11 Å². The number of benzene rings is 2. The molecule has 4 nitrogen and oxygen atoms in total. The second-order valence-corrected chi connectivity index (χ2v) is 8.12. The Balaban J connectivity index is 1.57. The van der Waals surface area contributed by atoms with Gasteiger partial charge in [-0.2, -0.15) is 0 Å². The molecule has 1 atom stereocenters. The van der Waals surface area contributed by atoms with Crippen molar-refractivity contribution in [2.45, 2.75) is 25.6 Å². The van der Waals surface area contributed by atoms with Crippen LogP contribution in [0.5, 0.6) is 11.5 Å². The van der Waals surface area contributed by atoms with Gasteiger partial charge in [0.05, 0.1) is 13.7 Å². The fourth-order valence-electron chi connectivity index (χ4n) is 3.40. The summed E-state index contributed by atoms with van der Waals surface area (Å²) in [7, 11) is 1.64. The summed E-state index contributed by atoms with van der Waals surface area (Å²) < 4.78 is 11.4. The Hall–Kier alpha value is -2.50. The lowest BCUT2D eigenvalue weighted by Gasteiger charge is -2.26. The maximum atomic E-state index is 13.4. The normalized spacial score (nSPS) is 15.0. The minimum Gasteiger partial charge on any atom is -0.496 e. The van der Waals surface area contributed by atoms with Crippen LogP contribution in [0.25, 0.3) is 0 Å². The van der Waals surface area contributed by atoms with E-state index in [1.807, 2.05) is 58.8 Å². The Kier molecular flexibility index (Phi) is 5.55. The molecule has 28 heavy (non-hydrogen) atoms. The molecule has 0 radical (unpaired) electrons. The molecule has 1 aromatic heterocycles. The van der Waals surface area contributed by atoms with Gasteiger partial charge >= 0.3 is 0 Å². The highest BCUT2D eigenvalue weighted by atomic mass is 35.5. The molecule has 1 aliphatic heterocycles. The third-order valence-electron chi connectivity index (χ3n) is 4.76. The second-order valence-electron chi connectivity index (χ2n) is 6.65. The molecule has 4 rings (SSSR count). The van der Waals surface area contributed by atoms with Crippen molar-refractivity contribution >= 4 is 28.8 Å². The molecule has 0 aliphatic carbocycles. The van der Waals surface area contributed by atoms with Gasteiger partial charge in [0.1, 0.15) is 11.5 Å². The summed E-state index contributed by atoms with van der Waals surface area (Å²) in [4.78, 5) is 16.3. The summed E-state index contributed by atoms with van der Waals surface area (Å²) >= 11 is 7.72. The quantitative estimate of drug-likeness (QED) is 0.574. The Morgan fingerprint density at radius 3 is 2.86 bits per heavy atom. The highest BCUT2D eigenvalue weighted by molar-refractivity contribution is 7.09. The van der Waals surface area contributed by atoms with E-state index in [0.29, 0.717) is 24.5 Å². The van der Waals surface area contributed by atoms with E-state index in [-0.39, 0.29) is 5.91 Å². The van der Waals surface area contributed by atoms with Crippen LogP contribution in [0, 0.1) is 0 Å². The lowest BCUT2D eigenvalue weighted by Crippen LogP contribution is -2.40. The molecule has 0 N–H and O–H groups in total. The average Bonchev–Trinajstić information content (AvgIpc) is 3.36. The monoisotopic (exact) mass is 413 g/mol. The zero-order valence-corrected chi connectivity index (χ0v) is 17.0. The third kappa shape index (κ3) is 4.01. The number of hydrogen-bond donors (Lipinski definition) is 0. The van der Waals surface area contributed by atoms with Gasteiger partial charge in [0.15, 0.2) is 6.10 Å². The van der Waals surface area contributed by atoms with Crippen molar-refractivity contribution in [3.05, 3.63) is 81.0 Å². The number of halogens is 1. The maximum absolute atomic E-state index is 13.4. The highest BCUT2D eigenvalue weighted by Crippen LogP contribution is 2.32. The van der Waals surface area contributed by atoms with E-state index >= 15 is 0 Å². The van der Waals surface area contributed by atoms with E-state index < -0.39 is 6.10 Å². The smallest absolute Gasteiger partial charge is 0.264 e. The minimum absolute atomic E-state index is 0.0355. The molecule has 6 heteroatoms. The van der Waals surface area contributed by atoms with Crippen LogP contribution in [-0.4, -0.2) is 24.0 Å². The largest absolute Gasteiger partial charge is 0.496 e. The van der Waals surface area contributed by atoms with Crippen molar-refractivity contribution in [3.8, 4) is 11.5 Å². The molecule has 0 fully saturated rings. The molecule has 0 unspecified atom stereocenters. The number of methoxy groups -OCH3 is 1. The van der Waals surface area contributed by atoms with E-state index in [1.54, 1.807) is 24.5 Å². The topological polar surface area (TPSA) is 38.8 Å². The van der Waals surface area contributed by atoms with Gasteiger partial charge in [0, 0.05) is 28.4 Å². The van der Waals surface area contributed by atoms with Gasteiger partial charge in [0.25, 0.3) is 5.91 Å². The Morgan fingerprint density at radius 2 is 2.07 bits per heavy atom. The molecule has 1 amide bonds. The summed E-state index contributed by atoms with van der Waals surface area (Å²) in [6.45, 7) is 0.989. The molecular weight excluding hydrogens is 394 g/mol. The van der Waals surface area contributed by atoms with E-state index in [0.717, 1.165) is 27.5 Å². The molecule has 144 valence electrons. The van der Waals surface area contributed by atoms with Crippen molar-refractivity contribution in [1.82, 2.24) is 4.90 Å². The van der Waals surface area contributed by atoms with Gasteiger partial charge in [-0.25, -0.2) is 0 Å². The Labute approximate surface area is 173 Å². The number of para-hydroxylation sites is 1. The number of rotatable bonds is 6. The van der Waals surface area contributed by atoms with Crippen LogP contribution in [0.1, 0.15) is 16.0 Å². The predicted molar refractivity (Wildman–Crippen MR) is 111 cm³/mol. The Bertz CT molecular complexity index is 974. The van der Waals surface area contributed by atoms with Crippen LogP contribution in [-0.2, 0) is 24.3 Å². The molecule has 0 bridgehead atoms. The van der Waals surface area contributed by atoms with Crippen LogP contribution in [0.4, 0.5) is 0 Å². The van der Waals surface area contributed by atoms with Crippen LogP contribution in [0.2, 0.25) is 5.02 Å². The molecule has 2 aromatic carbocycles. The van der Waals surface area contributed by atoms with Crippen molar-refractivity contribution in [2.24, 2.45) is 0 Å². The maximum Gasteiger partial charge on any atom is 0.264 e. The summed E-state index contributed by atoms with van der Waals surface area (Å²) in [5.74, 6) is 1.47. The number of carbonyl (C=O) groups is 1. The lowest BCUT2D eigenvalue weighted by atomic mass is 10.1. The summed E-state index contributed by atoms with van der Waals surface area (Å²) in [6.07, 6.45) is -0.00941. The lowest BCUT2D eigenvalue weighted by molar-refractivity contribution is -0.139. The highest BCUT2D eigenvalue weighted by Gasteiger charge is 2.33. The molecule has 3 aromatic rings. The van der Waals surface area contributed by atoms with Gasteiger partial charge in [-0.3, -0.25) is 4.79 Å². The Morgan fingerprint density at radius 1 is 1.21 bits per heavy atom. The number of thiophene rings is 1. The average molecular weight is 414 g/mol. The van der Waals surface area contributed by atoms with Gasteiger partial charge in [0.2, 0.25) is 0 Å². The molecule has 0 spiro atoms. The molecule has 0 saturated carbocycles. The number of carbonyl (C=O) groups excluding carboxylic acids is 1. The number of amides is 1. The molecule has 1 aliphatic rings. The van der Waals surface area contributed by atoms with Crippen LogP contribution in [0.3, 0.4) is 0 Å². The first-order valence-electron chi connectivity index (χ1n) is 9.02. The SMILES string of the molecule is COc1ccccc1CN(Cc1cccs1)C(=O)[C@@H]1Cc2cc(Cl)ccc2O1. The van der Waals surface area contributed by atoms with Crippen LogP contribution in [0.15, 0.2) is 60.0 Å². The fourth-order valence-corrected chi connectivity index (χ4v) is 4.31. The summed E-state index contributed by atoms with van der Waals surface area (Å²) in [5, 5.41) is 2.67. The first kappa shape index (κ1) is 18.8. The summed E-state index contributed by atoms with van der Waals surface area (Å²) in [5.41, 5.74) is 1.94. The summed E-state index contributed by atoms with van der Waals surface area (Å²) in [6, 6.07) is 17.3. The zero-order valence-electron chi connectivity index (χ0n) is 15.4. The second kappa shape index (κ2) is 8.25. The standard InChI is InChI=1S/C22H20ClNO3S/c1-26-19-7-3-2-5-15(19)13-24(14-18-6-4-10-28-18)22(25)21-12-16-11-17(23)8-9-20(16)27-21/h2-11,21H,12-14H2,1H3/t21-/m0/s1. The van der Waals surface area contributed by atoms with Gasteiger partial charge in [-0.1, -0.05) is 35.9 Å². The zero-order chi connectivity index (χ0) is 19.5. The predicted octanol–water partition coefficient (Wildman–Crippen LogP) is 4.94. The molecular formula is C22H20ClNO3S. The number of nitrogens with zero attached hydrogens (tertiary/aromatic N) is 1. The molecule has 2 heterocycles. The number of hydrogen-bond acceptors (Lipinski definition) is 4. The van der Waals surface area contributed by atoms with Crippen LogP contribution >= 0.6 is 22.9 Å². The first-order chi connectivity index (χ1) is 13.6. The van der Waals surface area contributed by atoms with Gasteiger partial charge in [-0.05, 0) is 41.3 Å². The van der Waals surface area contributed by atoms with Crippen LogP contribution < -0.4 is 9.47 Å². The van der Waals surface area contributed by atoms with Gasteiger partial charge in [-0.15, -0.1) is 11.3 Å². The minimum atomic E-state index is -0.539. The van der Waals surface area contributed by atoms with Crippen molar-refractivity contribution in [3.63, 3.8) is 0 Å². The van der Waals surface area contributed by atoms with Crippen molar-refractivity contribution < 1.29 is 14.3 Å². The van der Waals surface area contributed by atoms with Crippen molar-refractivity contribution in [1.29, 1.82) is 0 Å². The van der Waals surface area contributed by atoms with E-state index in [4.69, 9.17) is 21.1 Å². The number of ether oxygens (including phenoxy) is 2. The third-order valence-corrected chi connectivity index (χ3v) is 5.86. The van der Waals surface area contributed by atoms with E-state index in [9.17, 15) is 4.79 Å². The first-order valence-corrected chi connectivity index (χ1v) is 10.3. The molecule has 0 saturated heterocycles. The van der Waals surface area contributed by atoms with Gasteiger partial charge < -0.3 is 14.4 Å².